The molecule has 3 aromatic carbocycles. The fourth-order valence-corrected chi connectivity index (χ4v) is 5.14. The number of piperidine rings is 1. The van der Waals surface area contributed by atoms with Crippen LogP contribution in [0.1, 0.15) is 28.9 Å². The first-order valence-electron chi connectivity index (χ1n) is 12.7. The largest absolute Gasteiger partial charge is 0.337 e. The molecule has 1 aliphatic heterocycles. The maximum Gasteiger partial charge on any atom is 0.272 e. The normalized spacial score (nSPS) is 14.2. The maximum atomic E-state index is 14.9. The van der Waals surface area contributed by atoms with E-state index in [1.807, 2.05) is 47.4 Å². The molecule has 3 heterocycles. The molecule has 5 aromatic rings. The fourth-order valence-electron chi connectivity index (χ4n) is 5.14. The summed E-state index contributed by atoms with van der Waals surface area (Å²) in [7, 11) is 0. The Hall–Kier alpha value is -4.32. The molecule has 0 saturated carbocycles. The highest BCUT2D eigenvalue weighted by molar-refractivity contribution is 5.94. The molecule has 1 saturated heterocycles. The fraction of sp³-hybridized carbons (Fsp3) is 0.194. The molecule has 1 fully saturated rings. The van der Waals surface area contributed by atoms with Crippen LogP contribution in [0.4, 0.5) is 4.39 Å². The van der Waals surface area contributed by atoms with E-state index < -0.39 is 0 Å². The summed E-state index contributed by atoms with van der Waals surface area (Å²) in [5.41, 5.74) is 4.70. The lowest BCUT2D eigenvalue weighted by Gasteiger charge is -2.32. The molecule has 0 spiro atoms. The summed E-state index contributed by atoms with van der Waals surface area (Å²) < 4.78 is 16.5. The van der Waals surface area contributed by atoms with Gasteiger partial charge in [-0.15, -0.1) is 0 Å². The number of amides is 1. The third-order valence-corrected chi connectivity index (χ3v) is 7.13. The highest BCUT2D eigenvalue weighted by atomic mass is 19.1. The summed E-state index contributed by atoms with van der Waals surface area (Å²) in [4.78, 5) is 20.2. The molecule has 6 rings (SSSR count). The Kier molecular flexibility index (Phi) is 6.23. The van der Waals surface area contributed by atoms with Crippen molar-refractivity contribution in [2.75, 3.05) is 13.1 Å². The highest BCUT2D eigenvalue weighted by Gasteiger charge is 2.26. The molecular formula is C31H27FN4O. The van der Waals surface area contributed by atoms with Crippen LogP contribution in [0.25, 0.3) is 28.2 Å². The molecule has 1 aliphatic rings. The molecule has 37 heavy (non-hydrogen) atoms. The smallest absolute Gasteiger partial charge is 0.272 e. The summed E-state index contributed by atoms with van der Waals surface area (Å²) in [5.74, 6) is 0.0618. The minimum atomic E-state index is -0.369. The van der Waals surface area contributed by atoms with Crippen molar-refractivity contribution in [3.8, 4) is 22.5 Å². The SMILES string of the molecule is O=C(c1cc(-c2ccccc2F)n2nc(-c3ccccc3)cc2n1)N1CCC(Cc2ccccc2)CC1. The second kappa shape index (κ2) is 9.97. The molecule has 184 valence electrons. The van der Waals surface area contributed by atoms with E-state index in [0.717, 1.165) is 30.5 Å². The summed E-state index contributed by atoms with van der Waals surface area (Å²) in [6.45, 7) is 1.37. The maximum absolute atomic E-state index is 14.9. The summed E-state index contributed by atoms with van der Waals surface area (Å²) >= 11 is 0. The molecule has 0 N–H and O–H groups in total. The van der Waals surface area contributed by atoms with Gasteiger partial charge in [-0.2, -0.15) is 5.10 Å². The average Bonchev–Trinajstić information content (AvgIpc) is 3.39. The van der Waals surface area contributed by atoms with Crippen molar-refractivity contribution in [2.45, 2.75) is 19.3 Å². The number of carbonyl (C=O) groups is 1. The monoisotopic (exact) mass is 490 g/mol. The Balaban J connectivity index is 1.31. The number of likely N-dealkylation sites (tertiary alicyclic amines) is 1. The van der Waals surface area contributed by atoms with Crippen LogP contribution in [-0.4, -0.2) is 38.5 Å². The van der Waals surface area contributed by atoms with Crippen LogP contribution in [-0.2, 0) is 6.42 Å². The molecule has 2 aromatic heterocycles. The molecule has 1 amide bonds. The summed E-state index contributed by atoms with van der Waals surface area (Å²) in [6, 6.07) is 30.4. The van der Waals surface area contributed by atoms with Crippen LogP contribution < -0.4 is 0 Å². The lowest BCUT2D eigenvalue weighted by Crippen LogP contribution is -2.39. The van der Waals surface area contributed by atoms with E-state index in [2.05, 4.69) is 29.2 Å². The molecular weight excluding hydrogens is 463 g/mol. The van der Waals surface area contributed by atoms with Gasteiger partial charge in [-0.1, -0.05) is 72.8 Å². The lowest BCUT2D eigenvalue weighted by atomic mass is 9.90. The van der Waals surface area contributed by atoms with Crippen LogP contribution in [0.15, 0.2) is 97.1 Å². The zero-order valence-electron chi connectivity index (χ0n) is 20.4. The van der Waals surface area contributed by atoms with E-state index in [4.69, 9.17) is 5.10 Å². The number of hydrogen-bond acceptors (Lipinski definition) is 3. The molecule has 0 aliphatic carbocycles. The molecule has 0 atom stereocenters. The van der Waals surface area contributed by atoms with E-state index in [9.17, 15) is 9.18 Å². The number of nitrogens with zero attached hydrogens (tertiary/aromatic N) is 4. The molecule has 0 bridgehead atoms. The zero-order valence-corrected chi connectivity index (χ0v) is 20.4. The van der Waals surface area contributed by atoms with E-state index in [-0.39, 0.29) is 11.7 Å². The number of carbonyl (C=O) groups excluding carboxylic acids is 1. The van der Waals surface area contributed by atoms with Crippen molar-refractivity contribution in [3.63, 3.8) is 0 Å². The van der Waals surface area contributed by atoms with Crippen molar-refractivity contribution in [1.82, 2.24) is 19.5 Å². The summed E-state index contributed by atoms with van der Waals surface area (Å²) in [5, 5.41) is 4.73. The number of benzene rings is 3. The Labute approximate surface area is 215 Å². The van der Waals surface area contributed by atoms with E-state index in [1.165, 1.54) is 11.6 Å². The first-order chi connectivity index (χ1) is 18.2. The highest BCUT2D eigenvalue weighted by Crippen LogP contribution is 2.28. The first-order valence-corrected chi connectivity index (χ1v) is 12.7. The van der Waals surface area contributed by atoms with Gasteiger partial charge >= 0.3 is 0 Å². The molecule has 0 unspecified atom stereocenters. The Morgan fingerprint density at radius 3 is 2.27 bits per heavy atom. The molecule has 0 radical (unpaired) electrons. The quantitative estimate of drug-likeness (QED) is 0.291. The first kappa shape index (κ1) is 23.1. The van der Waals surface area contributed by atoms with Crippen LogP contribution in [0.3, 0.4) is 0 Å². The second-order valence-corrected chi connectivity index (χ2v) is 9.60. The van der Waals surface area contributed by atoms with Gasteiger partial charge in [0.05, 0.1) is 11.4 Å². The Bertz CT molecular complexity index is 1540. The van der Waals surface area contributed by atoms with Gasteiger partial charge in [-0.25, -0.2) is 13.9 Å². The second-order valence-electron chi connectivity index (χ2n) is 9.60. The van der Waals surface area contributed by atoms with Crippen LogP contribution in [0, 0.1) is 11.7 Å². The van der Waals surface area contributed by atoms with Crippen molar-refractivity contribution in [1.29, 1.82) is 0 Å². The van der Waals surface area contributed by atoms with Gasteiger partial charge in [-0.05, 0) is 48.9 Å². The van der Waals surface area contributed by atoms with Gasteiger partial charge < -0.3 is 4.90 Å². The molecule has 6 heteroatoms. The van der Waals surface area contributed by atoms with Crippen molar-refractivity contribution in [2.24, 2.45) is 5.92 Å². The van der Waals surface area contributed by atoms with Crippen LogP contribution >= 0.6 is 0 Å². The number of rotatable bonds is 5. The van der Waals surface area contributed by atoms with Gasteiger partial charge in [0, 0.05) is 30.3 Å². The predicted molar refractivity (Wildman–Crippen MR) is 143 cm³/mol. The van der Waals surface area contributed by atoms with Crippen molar-refractivity contribution >= 4 is 11.6 Å². The van der Waals surface area contributed by atoms with E-state index >= 15 is 0 Å². The summed E-state index contributed by atoms with van der Waals surface area (Å²) in [6.07, 6.45) is 2.93. The van der Waals surface area contributed by atoms with Gasteiger partial charge in [-0.3, -0.25) is 4.79 Å². The molecule has 5 nitrogen and oxygen atoms in total. The van der Waals surface area contributed by atoms with Gasteiger partial charge in [0.2, 0.25) is 0 Å². The van der Waals surface area contributed by atoms with Crippen molar-refractivity contribution in [3.05, 3.63) is 114 Å². The Morgan fingerprint density at radius 1 is 0.865 bits per heavy atom. The van der Waals surface area contributed by atoms with E-state index in [1.54, 1.807) is 28.8 Å². The van der Waals surface area contributed by atoms with Gasteiger partial charge in [0.1, 0.15) is 11.5 Å². The lowest BCUT2D eigenvalue weighted by molar-refractivity contribution is 0.0685. The zero-order chi connectivity index (χ0) is 25.2. The third-order valence-electron chi connectivity index (χ3n) is 7.13. The average molecular weight is 491 g/mol. The minimum Gasteiger partial charge on any atom is -0.337 e. The minimum absolute atomic E-state index is 0.124. The number of fused-ring (bicyclic) bond motifs is 1. The Morgan fingerprint density at radius 2 is 1.54 bits per heavy atom. The number of aromatic nitrogens is 3. The predicted octanol–water partition coefficient (Wildman–Crippen LogP) is 6.30. The third kappa shape index (κ3) is 4.75. The van der Waals surface area contributed by atoms with Crippen molar-refractivity contribution < 1.29 is 9.18 Å². The van der Waals surface area contributed by atoms with Crippen LogP contribution in [0.5, 0.6) is 0 Å². The van der Waals surface area contributed by atoms with E-state index in [0.29, 0.717) is 41.6 Å². The number of halogens is 1. The van der Waals surface area contributed by atoms with Gasteiger partial charge in [0.25, 0.3) is 5.91 Å². The van der Waals surface area contributed by atoms with Crippen LogP contribution in [0.2, 0.25) is 0 Å². The standard InChI is InChI=1S/C31H27FN4O/c32-26-14-8-7-13-25(26)29-20-28(33-30-21-27(34-36(29)30)24-11-5-2-6-12-24)31(37)35-17-15-23(16-18-35)19-22-9-3-1-4-10-22/h1-14,20-21,23H,15-19H2. The number of hydrogen-bond donors (Lipinski definition) is 0. The van der Waals surface area contributed by atoms with Gasteiger partial charge in [0.15, 0.2) is 5.65 Å². The topological polar surface area (TPSA) is 50.5 Å².